The molecule has 0 saturated heterocycles. The second-order valence-corrected chi connectivity index (χ2v) is 10.6. The first-order valence-corrected chi connectivity index (χ1v) is 12.3. The molecule has 11 nitrogen and oxygen atoms in total. The number of aromatic nitrogens is 6. The van der Waals surface area contributed by atoms with Crippen molar-refractivity contribution >= 4 is 11.8 Å². The van der Waals surface area contributed by atoms with Gasteiger partial charge >= 0.3 is 0 Å². The van der Waals surface area contributed by atoms with Gasteiger partial charge in [-0.3, -0.25) is 23.9 Å². The minimum absolute atomic E-state index is 0.131. The molecule has 2 aromatic rings. The van der Waals surface area contributed by atoms with Gasteiger partial charge in [0.05, 0.1) is 24.5 Å². The van der Waals surface area contributed by atoms with Gasteiger partial charge in [0, 0.05) is 55.4 Å². The van der Waals surface area contributed by atoms with Crippen molar-refractivity contribution in [3.8, 4) is 0 Å². The van der Waals surface area contributed by atoms with E-state index in [2.05, 4.69) is 50.0 Å². The summed E-state index contributed by atoms with van der Waals surface area (Å²) in [6.07, 6.45) is 7.76. The maximum absolute atomic E-state index is 12.1. The van der Waals surface area contributed by atoms with E-state index in [4.69, 9.17) is 0 Å². The number of carbonyl (C=O) groups excluding carboxylic acids is 2. The molecule has 2 fully saturated rings. The van der Waals surface area contributed by atoms with E-state index in [1.165, 1.54) is 0 Å². The van der Waals surface area contributed by atoms with Crippen molar-refractivity contribution in [1.82, 2.24) is 45.5 Å². The highest BCUT2D eigenvalue weighted by Crippen LogP contribution is 2.45. The van der Waals surface area contributed by atoms with Crippen LogP contribution >= 0.6 is 0 Å². The Labute approximate surface area is 200 Å². The molecule has 2 aliphatic rings. The maximum atomic E-state index is 12.1. The third kappa shape index (κ3) is 6.19. The summed E-state index contributed by atoms with van der Waals surface area (Å²) in [6, 6.07) is 0.285. The Balaban J connectivity index is 1.22. The first-order valence-electron chi connectivity index (χ1n) is 12.3. The predicted octanol–water partition coefficient (Wildman–Crippen LogP) is 1.11. The van der Waals surface area contributed by atoms with Crippen LogP contribution in [0.2, 0.25) is 0 Å². The summed E-state index contributed by atoms with van der Waals surface area (Å²) in [5.41, 5.74) is 1.43. The molecule has 0 atom stereocenters. The Morgan fingerprint density at radius 2 is 1.29 bits per heavy atom. The zero-order valence-corrected chi connectivity index (χ0v) is 20.8. The number of carbonyl (C=O) groups is 2. The molecule has 2 N–H and O–H groups in total. The van der Waals surface area contributed by atoms with Crippen LogP contribution in [0.5, 0.6) is 0 Å². The van der Waals surface area contributed by atoms with Crippen LogP contribution in [-0.4, -0.2) is 65.8 Å². The fourth-order valence-corrected chi connectivity index (χ4v) is 3.70. The van der Waals surface area contributed by atoms with E-state index in [-0.39, 0.29) is 28.7 Å². The van der Waals surface area contributed by atoms with Crippen molar-refractivity contribution in [2.75, 3.05) is 13.1 Å². The smallest absolute Gasteiger partial charge is 0.226 e. The normalized spacial score (nSPS) is 17.7. The predicted molar refractivity (Wildman–Crippen MR) is 125 cm³/mol. The summed E-state index contributed by atoms with van der Waals surface area (Å²) < 4.78 is 3.55. The average Bonchev–Trinajstić information content (AvgIpc) is 3.62. The van der Waals surface area contributed by atoms with Crippen molar-refractivity contribution in [2.24, 2.45) is 10.8 Å². The number of rotatable bonds is 13. The van der Waals surface area contributed by atoms with Crippen molar-refractivity contribution in [3.05, 3.63) is 23.8 Å². The van der Waals surface area contributed by atoms with Gasteiger partial charge in [0.2, 0.25) is 11.8 Å². The molecule has 0 aromatic carbocycles. The molecule has 0 spiro atoms. The summed E-state index contributed by atoms with van der Waals surface area (Å²) in [4.78, 5) is 26.4. The summed E-state index contributed by atoms with van der Waals surface area (Å²) in [6.45, 7) is 11.9. The molecule has 2 aromatic heterocycles. The van der Waals surface area contributed by atoms with Gasteiger partial charge in [-0.25, -0.2) is 0 Å². The monoisotopic (exact) mass is 471 g/mol. The first-order chi connectivity index (χ1) is 16.2. The molecule has 34 heavy (non-hydrogen) atoms. The van der Waals surface area contributed by atoms with Gasteiger partial charge in [0.1, 0.15) is 0 Å². The number of hydrogen-bond acceptors (Lipinski definition) is 7. The number of nitrogens with one attached hydrogen (secondary N) is 2. The Kier molecular flexibility index (Phi) is 7.01. The fraction of sp³-hybridized carbons (Fsp3) is 0.739. The Morgan fingerprint density at radius 1 is 0.882 bits per heavy atom. The Morgan fingerprint density at radius 3 is 1.65 bits per heavy atom. The standard InChI is InChI=1S/C23H37N9O2/c1-17(2)30(13-18-15-31(28-26-18)11-9-24-20(33)22(3)5-6-22)14-19-16-32(29-27-19)12-10-25-21(34)23(4)7-8-23/h15-17H,5-14H2,1-4H3,(H,24,33)(H,25,34). The van der Waals surface area contributed by atoms with Gasteiger partial charge in [-0.1, -0.05) is 24.3 Å². The number of hydrogen-bond donors (Lipinski definition) is 2. The molecule has 0 bridgehead atoms. The third-order valence-corrected chi connectivity index (χ3v) is 6.98. The summed E-state index contributed by atoms with van der Waals surface area (Å²) >= 11 is 0. The molecular weight excluding hydrogens is 434 g/mol. The van der Waals surface area contributed by atoms with E-state index in [1.807, 2.05) is 26.2 Å². The second kappa shape index (κ2) is 9.81. The quantitative estimate of drug-likeness (QED) is 0.449. The molecule has 11 heteroatoms. The zero-order chi connectivity index (χ0) is 24.3. The van der Waals surface area contributed by atoms with E-state index in [0.29, 0.717) is 39.3 Å². The largest absolute Gasteiger partial charge is 0.354 e. The van der Waals surface area contributed by atoms with Gasteiger partial charge in [0.15, 0.2) is 0 Å². The Hall–Kier alpha value is -2.82. The molecule has 2 heterocycles. The molecule has 2 aliphatic carbocycles. The topological polar surface area (TPSA) is 123 Å². The van der Waals surface area contributed by atoms with Crippen LogP contribution in [0.3, 0.4) is 0 Å². The van der Waals surface area contributed by atoms with Gasteiger partial charge in [-0.05, 0) is 39.5 Å². The lowest BCUT2D eigenvalue weighted by Crippen LogP contribution is -2.33. The van der Waals surface area contributed by atoms with Gasteiger partial charge < -0.3 is 10.6 Å². The van der Waals surface area contributed by atoms with Gasteiger partial charge in [-0.2, -0.15) is 0 Å². The lowest BCUT2D eigenvalue weighted by Gasteiger charge is -2.24. The summed E-state index contributed by atoms with van der Waals surface area (Å²) in [7, 11) is 0. The number of nitrogens with zero attached hydrogens (tertiary/aromatic N) is 7. The van der Waals surface area contributed by atoms with E-state index in [9.17, 15) is 9.59 Å². The van der Waals surface area contributed by atoms with Gasteiger partial charge in [-0.15, -0.1) is 10.2 Å². The van der Waals surface area contributed by atoms with Crippen molar-refractivity contribution < 1.29 is 9.59 Å². The Bertz CT molecular complexity index is 928. The average molecular weight is 472 g/mol. The van der Waals surface area contributed by atoms with Gasteiger partial charge in [0.25, 0.3) is 0 Å². The molecule has 0 aliphatic heterocycles. The van der Waals surface area contributed by atoms with Crippen LogP contribution in [-0.2, 0) is 35.8 Å². The summed E-state index contributed by atoms with van der Waals surface area (Å²) in [5, 5.41) is 23.0. The van der Waals surface area contributed by atoms with Crippen LogP contribution in [0, 0.1) is 10.8 Å². The van der Waals surface area contributed by atoms with E-state index in [1.54, 1.807) is 9.36 Å². The molecule has 186 valence electrons. The highest BCUT2D eigenvalue weighted by Gasteiger charge is 2.45. The highest BCUT2D eigenvalue weighted by atomic mass is 16.2. The van der Waals surface area contributed by atoms with Crippen LogP contribution in [0.15, 0.2) is 12.4 Å². The highest BCUT2D eigenvalue weighted by molar-refractivity contribution is 5.85. The van der Waals surface area contributed by atoms with Crippen molar-refractivity contribution in [3.63, 3.8) is 0 Å². The third-order valence-electron chi connectivity index (χ3n) is 6.98. The molecule has 4 rings (SSSR count). The molecule has 2 amide bonds. The van der Waals surface area contributed by atoms with Crippen molar-refractivity contribution in [2.45, 2.75) is 85.6 Å². The van der Waals surface area contributed by atoms with Crippen LogP contribution in [0.4, 0.5) is 0 Å². The molecule has 2 saturated carbocycles. The minimum atomic E-state index is -0.157. The lowest BCUT2D eigenvalue weighted by atomic mass is 10.1. The van der Waals surface area contributed by atoms with E-state index < -0.39 is 0 Å². The SMILES string of the molecule is CC(C)N(Cc1cn(CCNC(=O)C2(C)CC2)nn1)Cc1cn(CCNC(=O)C2(C)CC2)nn1. The molecule has 0 radical (unpaired) electrons. The first kappa shape index (κ1) is 24.3. The maximum Gasteiger partial charge on any atom is 0.226 e. The van der Waals surface area contributed by atoms with Crippen LogP contribution < -0.4 is 10.6 Å². The lowest BCUT2D eigenvalue weighted by molar-refractivity contribution is -0.126. The molecule has 0 unspecified atom stereocenters. The van der Waals surface area contributed by atoms with Crippen molar-refractivity contribution in [1.29, 1.82) is 0 Å². The fourth-order valence-electron chi connectivity index (χ4n) is 3.70. The van der Waals surface area contributed by atoms with E-state index >= 15 is 0 Å². The number of amides is 2. The second-order valence-electron chi connectivity index (χ2n) is 10.6. The molecular formula is C23H37N9O2. The van der Waals surface area contributed by atoms with E-state index in [0.717, 1.165) is 37.1 Å². The summed E-state index contributed by atoms with van der Waals surface area (Å²) in [5.74, 6) is 0.262. The minimum Gasteiger partial charge on any atom is -0.354 e. The zero-order valence-electron chi connectivity index (χ0n) is 20.8. The van der Waals surface area contributed by atoms with Crippen LogP contribution in [0.1, 0.15) is 64.8 Å². The van der Waals surface area contributed by atoms with Crippen LogP contribution in [0.25, 0.3) is 0 Å².